The van der Waals surface area contributed by atoms with Crippen LogP contribution >= 0.6 is 15.9 Å². The summed E-state index contributed by atoms with van der Waals surface area (Å²) in [4.78, 5) is 11.3. The molecule has 0 radical (unpaired) electrons. The van der Waals surface area contributed by atoms with E-state index in [9.17, 15) is 13.2 Å². The topological polar surface area (TPSA) is 54.5 Å². The maximum Gasteiger partial charge on any atom is 0.249 e. The van der Waals surface area contributed by atoms with Crippen LogP contribution in [0.4, 0.5) is 0 Å². The molecule has 17 heavy (non-hydrogen) atoms. The minimum Gasteiger partial charge on any atom is -0.273 e. The third kappa shape index (κ3) is 4.12. The lowest BCUT2D eigenvalue weighted by atomic mass is 10.2. The van der Waals surface area contributed by atoms with Crippen molar-refractivity contribution in [1.29, 1.82) is 0 Å². The van der Waals surface area contributed by atoms with Gasteiger partial charge in [0.05, 0.1) is 17.6 Å². The molecule has 0 saturated carbocycles. The molecule has 0 aromatic heterocycles. The summed E-state index contributed by atoms with van der Waals surface area (Å²) in [7, 11) is -3.55. The lowest BCUT2D eigenvalue weighted by Gasteiger charge is -2.21. The molecule has 1 aromatic rings. The Balaban J connectivity index is 2.98. The third-order valence-electron chi connectivity index (χ3n) is 2.16. The smallest absolute Gasteiger partial charge is 0.249 e. The van der Waals surface area contributed by atoms with Crippen LogP contribution in [0.15, 0.2) is 30.3 Å². The predicted molar refractivity (Wildman–Crippen MR) is 70.2 cm³/mol. The Morgan fingerprint density at radius 1 is 1.35 bits per heavy atom. The van der Waals surface area contributed by atoms with Crippen LogP contribution in [0.5, 0.6) is 0 Å². The van der Waals surface area contributed by atoms with Crippen molar-refractivity contribution < 1.29 is 13.2 Å². The second kappa shape index (κ2) is 5.64. The quantitative estimate of drug-likeness (QED) is 0.795. The van der Waals surface area contributed by atoms with Gasteiger partial charge in [0.15, 0.2) is 0 Å². The van der Waals surface area contributed by atoms with Gasteiger partial charge in [0.25, 0.3) is 0 Å². The number of amides is 1. The van der Waals surface area contributed by atoms with E-state index < -0.39 is 20.8 Å². The molecule has 1 aromatic carbocycles. The normalized spacial score (nSPS) is 13.1. The van der Waals surface area contributed by atoms with Crippen molar-refractivity contribution in [3.8, 4) is 0 Å². The Bertz CT molecular complexity index is 485. The summed E-state index contributed by atoms with van der Waals surface area (Å²) in [5.41, 5.74) is 0.777. The van der Waals surface area contributed by atoms with Crippen molar-refractivity contribution in [3.05, 3.63) is 35.9 Å². The molecule has 0 fully saturated rings. The van der Waals surface area contributed by atoms with Gasteiger partial charge in [-0.25, -0.2) is 12.7 Å². The van der Waals surface area contributed by atoms with Crippen molar-refractivity contribution in [1.82, 2.24) is 4.31 Å². The zero-order valence-corrected chi connectivity index (χ0v) is 12.0. The second-order valence-electron chi connectivity index (χ2n) is 3.71. The van der Waals surface area contributed by atoms with Gasteiger partial charge in [0, 0.05) is 0 Å². The lowest BCUT2D eigenvalue weighted by molar-refractivity contribution is -0.125. The summed E-state index contributed by atoms with van der Waals surface area (Å²) >= 11 is 3.09. The molecule has 0 heterocycles. The molecule has 94 valence electrons. The third-order valence-corrected chi connectivity index (χ3v) is 3.66. The largest absolute Gasteiger partial charge is 0.273 e. The molecule has 0 aliphatic carbocycles. The van der Waals surface area contributed by atoms with Gasteiger partial charge in [-0.05, 0) is 12.5 Å². The zero-order valence-electron chi connectivity index (χ0n) is 9.63. The van der Waals surface area contributed by atoms with Crippen molar-refractivity contribution in [3.63, 3.8) is 0 Å². The average molecular weight is 320 g/mol. The summed E-state index contributed by atoms with van der Waals surface area (Å²) in [6, 6.07) is 9.01. The van der Waals surface area contributed by atoms with Crippen LogP contribution in [0.25, 0.3) is 0 Å². The minimum atomic E-state index is -3.55. The summed E-state index contributed by atoms with van der Waals surface area (Å²) < 4.78 is 24.0. The van der Waals surface area contributed by atoms with Gasteiger partial charge in [-0.15, -0.1) is 0 Å². The molecule has 1 unspecified atom stereocenters. The molecule has 0 saturated heterocycles. The molecular weight excluding hydrogens is 306 g/mol. The number of nitrogens with zero attached hydrogens (tertiary/aromatic N) is 1. The Morgan fingerprint density at radius 2 is 1.88 bits per heavy atom. The van der Waals surface area contributed by atoms with Crippen LogP contribution in [0.3, 0.4) is 0 Å². The first-order valence-corrected chi connectivity index (χ1v) is 7.78. The van der Waals surface area contributed by atoms with Gasteiger partial charge >= 0.3 is 0 Å². The average Bonchev–Trinajstić information content (AvgIpc) is 2.24. The van der Waals surface area contributed by atoms with Crippen LogP contribution in [0.2, 0.25) is 0 Å². The molecule has 1 atom stereocenters. The summed E-state index contributed by atoms with van der Waals surface area (Å²) in [5, 5.41) is 0. The van der Waals surface area contributed by atoms with E-state index in [0.717, 1.165) is 16.1 Å². The SMILES string of the molecule is CC(Br)C(=O)N(Cc1ccccc1)S(C)(=O)=O. The highest BCUT2D eigenvalue weighted by atomic mass is 79.9. The summed E-state index contributed by atoms with van der Waals surface area (Å²) in [6.07, 6.45) is 1.03. The van der Waals surface area contributed by atoms with Crippen molar-refractivity contribution in [2.75, 3.05) is 6.26 Å². The molecule has 0 spiro atoms. The van der Waals surface area contributed by atoms with Crippen LogP contribution in [-0.2, 0) is 21.4 Å². The first-order valence-electron chi connectivity index (χ1n) is 5.02. The number of sulfonamides is 1. The number of rotatable bonds is 4. The van der Waals surface area contributed by atoms with Crippen LogP contribution < -0.4 is 0 Å². The fraction of sp³-hybridized carbons (Fsp3) is 0.364. The maximum absolute atomic E-state index is 11.8. The molecular formula is C11H14BrNO3S. The molecule has 0 aliphatic heterocycles. The van der Waals surface area contributed by atoms with Crippen LogP contribution in [-0.4, -0.2) is 29.7 Å². The second-order valence-corrected chi connectivity index (χ2v) is 6.99. The molecule has 6 heteroatoms. The van der Waals surface area contributed by atoms with Crippen LogP contribution in [0, 0.1) is 0 Å². The number of halogens is 1. The highest BCUT2D eigenvalue weighted by Gasteiger charge is 2.26. The Labute approximate surface area is 110 Å². The van der Waals surface area contributed by atoms with Gasteiger partial charge < -0.3 is 0 Å². The molecule has 0 N–H and O–H groups in total. The summed E-state index contributed by atoms with van der Waals surface area (Å²) in [6.45, 7) is 1.67. The van der Waals surface area contributed by atoms with E-state index >= 15 is 0 Å². The monoisotopic (exact) mass is 319 g/mol. The molecule has 0 bridgehead atoms. The molecule has 0 aliphatic rings. The van der Waals surface area contributed by atoms with Gasteiger partial charge in [-0.3, -0.25) is 4.79 Å². The van der Waals surface area contributed by atoms with E-state index in [-0.39, 0.29) is 6.54 Å². The van der Waals surface area contributed by atoms with E-state index in [1.165, 1.54) is 0 Å². The highest BCUT2D eigenvalue weighted by molar-refractivity contribution is 9.10. The predicted octanol–water partition coefficient (Wildman–Crippen LogP) is 1.76. The van der Waals surface area contributed by atoms with E-state index in [2.05, 4.69) is 15.9 Å². The standard InChI is InChI=1S/C11H14BrNO3S/c1-9(12)11(14)13(17(2,15)16)8-10-6-4-3-5-7-10/h3-7,9H,8H2,1-2H3. The van der Waals surface area contributed by atoms with E-state index in [1.54, 1.807) is 31.2 Å². The van der Waals surface area contributed by atoms with Gasteiger partial charge in [0.2, 0.25) is 15.9 Å². The minimum absolute atomic E-state index is 0.0639. The first kappa shape index (κ1) is 14.2. The number of benzene rings is 1. The summed E-state index contributed by atoms with van der Waals surface area (Å²) in [5.74, 6) is -0.462. The number of hydrogen-bond donors (Lipinski definition) is 0. The Hall–Kier alpha value is -0.880. The molecule has 1 rings (SSSR count). The fourth-order valence-corrected chi connectivity index (χ4v) is 2.56. The molecule has 1 amide bonds. The maximum atomic E-state index is 11.8. The number of alkyl halides is 1. The van der Waals surface area contributed by atoms with E-state index in [0.29, 0.717) is 0 Å². The fourth-order valence-electron chi connectivity index (χ4n) is 1.31. The van der Waals surface area contributed by atoms with Crippen molar-refractivity contribution in [2.24, 2.45) is 0 Å². The van der Waals surface area contributed by atoms with Gasteiger partial charge in [-0.2, -0.15) is 0 Å². The van der Waals surface area contributed by atoms with Crippen molar-refractivity contribution >= 4 is 31.9 Å². The molecule has 4 nitrogen and oxygen atoms in total. The first-order chi connectivity index (χ1) is 7.82. The number of hydrogen-bond acceptors (Lipinski definition) is 3. The Kier molecular flexibility index (Phi) is 4.70. The highest BCUT2D eigenvalue weighted by Crippen LogP contribution is 2.13. The zero-order chi connectivity index (χ0) is 13.1. The number of carbonyl (C=O) groups is 1. The van der Waals surface area contributed by atoms with E-state index in [1.807, 2.05) is 6.07 Å². The van der Waals surface area contributed by atoms with Gasteiger partial charge in [0.1, 0.15) is 0 Å². The lowest BCUT2D eigenvalue weighted by Crippen LogP contribution is -2.39. The van der Waals surface area contributed by atoms with Crippen LogP contribution in [0.1, 0.15) is 12.5 Å². The van der Waals surface area contributed by atoms with E-state index in [4.69, 9.17) is 0 Å². The Morgan fingerprint density at radius 3 is 2.29 bits per heavy atom. The number of carbonyl (C=O) groups excluding carboxylic acids is 1. The van der Waals surface area contributed by atoms with Gasteiger partial charge in [-0.1, -0.05) is 46.3 Å². The van der Waals surface area contributed by atoms with Crippen molar-refractivity contribution in [2.45, 2.75) is 18.3 Å².